The van der Waals surface area contributed by atoms with Gasteiger partial charge in [0, 0.05) is 31.1 Å². The van der Waals surface area contributed by atoms with Crippen molar-refractivity contribution >= 4 is 28.2 Å². The van der Waals surface area contributed by atoms with Crippen LogP contribution in [0.25, 0.3) is 0 Å². The molecule has 24 heavy (non-hydrogen) atoms. The van der Waals surface area contributed by atoms with Crippen LogP contribution in [0.5, 0.6) is 0 Å². The van der Waals surface area contributed by atoms with Crippen LogP contribution in [0.3, 0.4) is 0 Å². The molecule has 0 radical (unpaired) electrons. The number of nitrogens with one attached hydrogen (secondary N) is 2. The summed E-state index contributed by atoms with van der Waals surface area (Å²) in [5, 5.41) is 6.76. The molecule has 2 amide bonds. The number of carbonyl (C=O) groups is 2. The number of aryl methyl sites for hydroxylation is 1. The van der Waals surface area contributed by atoms with Crippen LogP contribution in [0.15, 0.2) is 0 Å². The van der Waals surface area contributed by atoms with E-state index < -0.39 is 0 Å². The molecule has 132 valence electrons. The molecule has 6 heteroatoms. The van der Waals surface area contributed by atoms with E-state index in [0.29, 0.717) is 24.6 Å². The summed E-state index contributed by atoms with van der Waals surface area (Å²) in [5.41, 5.74) is 1.85. The van der Waals surface area contributed by atoms with E-state index in [1.54, 1.807) is 18.4 Å². The van der Waals surface area contributed by atoms with E-state index in [4.69, 9.17) is 4.74 Å². The Morgan fingerprint density at radius 3 is 2.75 bits per heavy atom. The Morgan fingerprint density at radius 2 is 2.04 bits per heavy atom. The molecule has 0 aliphatic heterocycles. The normalized spacial score (nSPS) is 21.9. The molecule has 0 saturated heterocycles. The number of hydrogen-bond acceptors (Lipinski definition) is 4. The molecular weight excluding hydrogens is 324 g/mol. The van der Waals surface area contributed by atoms with Gasteiger partial charge in [0.05, 0.1) is 5.56 Å². The Kier molecular flexibility index (Phi) is 5.56. The number of hydrogen-bond donors (Lipinski definition) is 2. The summed E-state index contributed by atoms with van der Waals surface area (Å²) in [6, 6.07) is 0. The molecule has 1 heterocycles. The number of carbonyl (C=O) groups excluding carboxylic acids is 2. The quantitative estimate of drug-likeness (QED) is 0.743. The summed E-state index contributed by atoms with van der Waals surface area (Å²) in [4.78, 5) is 26.3. The fraction of sp³-hybridized carbons (Fsp3) is 0.667. The maximum atomic E-state index is 12.7. The molecule has 0 spiro atoms. The molecule has 2 atom stereocenters. The summed E-state index contributed by atoms with van der Waals surface area (Å²) in [6.45, 7) is 3.31. The third-order valence-corrected chi connectivity index (χ3v) is 6.10. The van der Waals surface area contributed by atoms with E-state index in [0.717, 1.165) is 49.1 Å². The van der Waals surface area contributed by atoms with Gasteiger partial charge in [-0.3, -0.25) is 9.59 Å². The molecule has 1 aromatic rings. The molecule has 2 N–H and O–H groups in total. The highest BCUT2D eigenvalue weighted by Gasteiger charge is 2.40. The Bertz CT molecular complexity index is 626. The Balaban J connectivity index is 1.75. The van der Waals surface area contributed by atoms with Gasteiger partial charge in [0.1, 0.15) is 5.00 Å². The smallest absolute Gasteiger partial charge is 0.254 e. The number of anilines is 1. The molecule has 5 nitrogen and oxygen atoms in total. The van der Waals surface area contributed by atoms with E-state index in [2.05, 4.69) is 17.6 Å². The summed E-state index contributed by atoms with van der Waals surface area (Å²) in [6.07, 6.45) is 5.96. The number of methoxy groups -OCH3 is 1. The molecule has 0 aromatic carbocycles. The molecule has 0 bridgehead atoms. The van der Waals surface area contributed by atoms with Crippen LogP contribution in [0, 0.1) is 11.8 Å². The van der Waals surface area contributed by atoms with Crippen molar-refractivity contribution in [1.82, 2.24) is 5.32 Å². The average molecular weight is 350 g/mol. The third-order valence-electron chi connectivity index (χ3n) is 4.89. The molecule has 3 rings (SSSR count). The highest BCUT2D eigenvalue weighted by Crippen LogP contribution is 2.42. The second-order valence-electron chi connectivity index (χ2n) is 6.83. The van der Waals surface area contributed by atoms with Gasteiger partial charge in [-0.2, -0.15) is 0 Å². The number of rotatable bonds is 7. The Morgan fingerprint density at radius 1 is 1.29 bits per heavy atom. The van der Waals surface area contributed by atoms with E-state index in [-0.39, 0.29) is 17.7 Å². The topological polar surface area (TPSA) is 67.4 Å². The first-order valence-corrected chi connectivity index (χ1v) is 9.66. The minimum atomic E-state index is -0.0651. The van der Waals surface area contributed by atoms with E-state index in [1.165, 1.54) is 4.88 Å². The van der Waals surface area contributed by atoms with Crippen molar-refractivity contribution in [2.24, 2.45) is 11.8 Å². The maximum absolute atomic E-state index is 12.7. The minimum Gasteiger partial charge on any atom is -0.385 e. The van der Waals surface area contributed by atoms with Gasteiger partial charge in [-0.15, -0.1) is 11.3 Å². The number of ether oxygens (including phenoxy) is 1. The van der Waals surface area contributed by atoms with Crippen LogP contribution in [0.4, 0.5) is 5.00 Å². The minimum absolute atomic E-state index is 0.0644. The van der Waals surface area contributed by atoms with Crippen molar-refractivity contribution in [1.29, 1.82) is 0 Å². The first kappa shape index (κ1) is 17.4. The van der Waals surface area contributed by atoms with Crippen LogP contribution in [0.2, 0.25) is 0 Å². The predicted molar refractivity (Wildman–Crippen MR) is 95.7 cm³/mol. The molecule has 1 aromatic heterocycles. The van der Waals surface area contributed by atoms with Gasteiger partial charge in [-0.05, 0) is 50.0 Å². The highest BCUT2D eigenvalue weighted by atomic mass is 32.1. The lowest BCUT2D eigenvalue weighted by molar-refractivity contribution is -0.117. The van der Waals surface area contributed by atoms with Crippen LogP contribution < -0.4 is 10.6 Å². The zero-order chi connectivity index (χ0) is 17.1. The van der Waals surface area contributed by atoms with Gasteiger partial charge in [-0.25, -0.2) is 0 Å². The fourth-order valence-electron chi connectivity index (χ4n) is 3.29. The Labute approximate surface area is 147 Å². The van der Waals surface area contributed by atoms with Crippen molar-refractivity contribution in [3.05, 3.63) is 16.0 Å². The van der Waals surface area contributed by atoms with E-state index >= 15 is 0 Å². The average Bonchev–Trinajstić information content (AvgIpc) is 3.19. The van der Waals surface area contributed by atoms with Crippen LogP contribution in [-0.4, -0.2) is 32.1 Å². The van der Waals surface area contributed by atoms with Crippen molar-refractivity contribution in [3.8, 4) is 0 Å². The lowest BCUT2D eigenvalue weighted by Crippen LogP contribution is -2.27. The van der Waals surface area contributed by atoms with Crippen molar-refractivity contribution in [2.75, 3.05) is 25.6 Å². The number of fused-ring (bicyclic) bond motifs is 1. The second-order valence-corrected chi connectivity index (χ2v) is 7.93. The Hall–Kier alpha value is -1.40. The van der Waals surface area contributed by atoms with Gasteiger partial charge in [0.15, 0.2) is 0 Å². The predicted octanol–water partition coefficient (Wildman–Crippen LogP) is 2.99. The fourth-order valence-corrected chi connectivity index (χ4v) is 4.58. The summed E-state index contributed by atoms with van der Waals surface area (Å²) in [7, 11) is 1.66. The molecule has 1 fully saturated rings. The maximum Gasteiger partial charge on any atom is 0.254 e. The summed E-state index contributed by atoms with van der Waals surface area (Å²) in [5.74, 6) is 0.576. The van der Waals surface area contributed by atoms with E-state index in [9.17, 15) is 9.59 Å². The van der Waals surface area contributed by atoms with Crippen LogP contribution >= 0.6 is 11.3 Å². The van der Waals surface area contributed by atoms with Gasteiger partial charge >= 0.3 is 0 Å². The van der Waals surface area contributed by atoms with Gasteiger partial charge < -0.3 is 15.4 Å². The van der Waals surface area contributed by atoms with Gasteiger partial charge in [0.2, 0.25) is 5.91 Å². The molecule has 2 aliphatic carbocycles. The molecule has 2 unspecified atom stereocenters. The third kappa shape index (κ3) is 3.81. The lowest BCUT2D eigenvalue weighted by Gasteiger charge is -2.13. The zero-order valence-electron chi connectivity index (χ0n) is 14.4. The number of amides is 2. The van der Waals surface area contributed by atoms with E-state index in [1.807, 2.05) is 0 Å². The first-order chi connectivity index (χ1) is 11.6. The molecule has 2 aliphatic rings. The monoisotopic (exact) mass is 350 g/mol. The summed E-state index contributed by atoms with van der Waals surface area (Å²) < 4.78 is 5.02. The van der Waals surface area contributed by atoms with Crippen LogP contribution in [0.1, 0.15) is 53.4 Å². The van der Waals surface area contributed by atoms with Gasteiger partial charge in [0.25, 0.3) is 5.91 Å². The van der Waals surface area contributed by atoms with Crippen molar-refractivity contribution in [2.45, 2.75) is 45.4 Å². The van der Waals surface area contributed by atoms with Crippen LogP contribution in [-0.2, 0) is 22.4 Å². The zero-order valence-corrected chi connectivity index (χ0v) is 15.3. The second kappa shape index (κ2) is 7.66. The molecular formula is C18H26N2O3S. The largest absolute Gasteiger partial charge is 0.385 e. The van der Waals surface area contributed by atoms with Crippen molar-refractivity contribution < 1.29 is 14.3 Å². The van der Waals surface area contributed by atoms with Crippen molar-refractivity contribution in [3.63, 3.8) is 0 Å². The molecule has 1 saturated carbocycles. The standard InChI is InChI=1S/C18H26N2O3S/c1-11-10-13(11)16(21)20-18-15(17(22)19-8-5-9-23-2)12-6-3-4-7-14(12)24-18/h11,13H,3-10H2,1-2H3,(H,19,22)(H,20,21). The highest BCUT2D eigenvalue weighted by molar-refractivity contribution is 7.17. The summed E-state index contributed by atoms with van der Waals surface area (Å²) >= 11 is 1.59. The first-order valence-electron chi connectivity index (χ1n) is 8.84. The SMILES string of the molecule is COCCCNC(=O)c1c(NC(=O)C2CC2C)sc2c1CCCC2. The number of thiophene rings is 1. The lowest BCUT2D eigenvalue weighted by atomic mass is 9.95. The van der Waals surface area contributed by atoms with Gasteiger partial charge in [-0.1, -0.05) is 6.92 Å².